The largest absolute Gasteiger partial charge is 0.378 e. The van der Waals surface area contributed by atoms with E-state index in [9.17, 15) is 9.90 Å². The summed E-state index contributed by atoms with van der Waals surface area (Å²) in [6.45, 7) is 3.91. The Bertz CT molecular complexity index is 1390. The van der Waals surface area contributed by atoms with Gasteiger partial charge in [-0.05, 0) is 38.0 Å². The number of aryl methyl sites for hydroxylation is 2. The van der Waals surface area contributed by atoms with E-state index in [1.54, 1.807) is 11.1 Å². The Hall–Kier alpha value is -3.63. The average molecular weight is 488 g/mol. The summed E-state index contributed by atoms with van der Waals surface area (Å²) >= 11 is 0. The topological polar surface area (TPSA) is 113 Å². The fourth-order valence-electron chi connectivity index (χ4n) is 5.45. The van der Waals surface area contributed by atoms with Crippen LogP contribution in [0.25, 0.3) is 22.4 Å². The summed E-state index contributed by atoms with van der Waals surface area (Å²) in [5.74, 6) is 1.16. The van der Waals surface area contributed by atoms with E-state index in [2.05, 4.69) is 25.1 Å². The quantitative estimate of drug-likeness (QED) is 0.457. The number of aliphatic hydroxyl groups is 1. The first kappa shape index (κ1) is 22.8. The summed E-state index contributed by atoms with van der Waals surface area (Å²) in [6, 6.07) is 11.6. The number of aromatic nitrogens is 5. The monoisotopic (exact) mass is 487 g/mol. The van der Waals surface area contributed by atoms with Crippen LogP contribution in [0.15, 0.2) is 47.1 Å². The van der Waals surface area contributed by atoms with Gasteiger partial charge in [0.2, 0.25) is 17.6 Å². The molecule has 10 nitrogen and oxygen atoms in total. The predicted octanol–water partition coefficient (Wildman–Crippen LogP) is 2.88. The Labute approximate surface area is 208 Å². The first-order valence-corrected chi connectivity index (χ1v) is 12.4. The number of aliphatic hydroxyl groups excluding tert-OH is 1. The number of para-hydroxylation sites is 1. The van der Waals surface area contributed by atoms with Crippen molar-refractivity contribution in [1.82, 2.24) is 29.8 Å². The minimum absolute atomic E-state index is 0.0617. The Kier molecular flexibility index (Phi) is 5.77. The van der Waals surface area contributed by atoms with Gasteiger partial charge in [-0.3, -0.25) is 19.4 Å². The van der Waals surface area contributed by atoms with Crippen LogP contribution in [0.3, 0.4) is 0 Å². The molecular weight excluding hydrogens is 458 g/mol. The van der Waals surface area contributed by atoms with Gasteiger partial charge >= 0.3 is 0 Å². The molecule has 36 heavy (non-hydrogen) atoms. The minimum atomic E-state index is -0.653. The summed E-state index contributed by atoms with van der Waals surface area (Å²) in [7, 11) is 1.91. The number of likely N-dealkylation sites (tertiary alicyclic amines) is 1. The molecule has 0 radical (unpaired) electrons. The van der Waals surface area contributed by atoms with Gasteiger partial charge in [0.05, 0.1) is 11.2 Å². The Morgan fingerprint density at radius 2 is 1.94 bits per heavy atom. The zero-order chi connectivity index (χ0) is 24.8. The van der Waals surface area contributed by atoms with Crippen molar-refractivity contribution in [2.75, 3.05) is 24.5 Å². The lowest BCUT2D eigenvalue weighted by molar-refractivity contribution is -0.118. The van der Waals surface area contributed by atoms with Gasteiger partial charge in [0.15, 0.2) is 0 Å². The maximum Gasteiger partial charge on any atom is 0.230 e. The second kappa shape index (κ2) is 9.11. The maximum absolute atomic E-state index is 12.6. The normalized spacial score (nSPS) is 20.5. The van der Waals surface area contributed by atoms with E-state index >= 15 is 0 Å². The number of pyridine rings is 1. The van der Waals surface area contributed by atoms with E-state index < -0.39 is 6.23 Å². The number of carbonyl (C=O) groups is 1. The average Bonchev–Trinajstić information content (AvgIpc) is 3.62. The number of piperidine rings is 1. The first-order valence-electron chi connectivity index (χ1n) is 12.4. The number of rotatable bonds is 5. The third-order valence-corrected chi connectivity index (χ3v) is 7.49. The number of carbonyl (C=O) groups excluding carboxylic acids is 1. The molecule has 6 rings (SSSR count). The molecule has 4 aromatic rings. The summed E-state index contributed by atoms with van der Waals surface area (Å²) in [5.41, 5.74) is 3.45. The summed E-state index contributed by atoms with van der Waals surface area (Å²) < 4.78 is 7.45. The molecule has 0 saturated carbocycles. The van der Waals surface area contributed by atoms with Gasteiger partial charge in [-0.1, -0.05) is 23.4 Å². The Morgan fingerprint density at radius 3 is 2.72 bits per heavy atom. The van der Waals surface area contributed by atoms with Crippen LogP contribution >= 0.6 is 0 Å². The molecule has 186 valence electrons. The standard InChI is InChI=1S/C26H29N7O3/c1-16-20-14-27-21(13-22(20)31(2)29-16)24-28-25(36-30-24)17-8-10-32(11-9-17)26(35)18-12-23(34)33(15-18)19-6-4-3-5-7-19/h3-7,13-14,17-18,26,35H,8-12,15H2,1-2H3. The third kappa shape index (κ3) is 4.06. The van der Waals surface area contributed by atoms with Crippen LogP contribution in [0.1, 0.15) is 36.8 Å². The fourth-order valence-corrected chi connectivity index (χ4v) is 5.45. The molecule has 3 aromatic heterocycles. The lowest BCUT2D eigenvalue weighted by Gasteiger charge is -2.36. The van der Waals surface area contributed by atoms with Gasteiger partial charge in [-0.15, -0.1) is 0 Å². The summed E-state index contributed by atoms with van der Waals surface area (Å²) in [4.78, 5) is 25.6. The molecule has 2 saturated heterocycles. The smallest absolute Gasteiger partial charge is 0.230 e. The van der Waals surface area contributed by atoms with Crippen molar-refractivity contribution in [3.63, 3.8) is 0 Å². The summed E-state index contributed by atoms with van der Waals surface area (Å²) in [6.07, 6.45) is 3.11. The Morgan fingerprint density at radius 1 is 1.17 bits per heavy atom. The zero-order valence-corrected chi connectivity index (χ0v) is 20.4. The second-order valence-electron chi connectivity index (χ2n) is 9.78. The molecular formula is C26H29N7O3. The maximum atomic E-state index is 12.6. The highest BCUT2D eigenvalue weighted by molar-refractivity contribution is 5.95. The van der Waals surface area contributed by atoms with Crippen LogP contribution in [-0.4, -0.2) is 66.7 Å². The number of anilines is 1. The number of nitrogens with zero attached hydrogens (tertiary/aromatic N) is 7. The van der Waals surface area contributed by atoms with E-state index in [-0.39, 0.29) is 17.7 Å². The number of fused-ring (bicyclic) bond motifs is 1. The van der Waals surface area contributed by atoms with Crippen molar-refractivity contribution in [2.45, 2.75) is 38.3 Å². The minimum Gasteiger partial charge on any atom is -0.378 e. The highest BCUT2D eigenvalue weighted by Crippen LogP contribution is 2.33. The highest BCUT2D eigenvalue weighted by atomic mass is 16.5. The van der Waals surface area contributed by atoms with Gasteiger partial charge in [0, 0.05) is 62.2 Å². The molecule has 5 heterocycles. The Balaban J connectivity index is 1.09. The van der Waals surface area contributed by atoms with E-state index in [4.69, 9.17) is 4.52 Å². The molecule has 0 aliphatic carbocycles. The van der Waals surface area contributed by atoms with Crippen molar-refractivity contribution in [3.8, 4) is 11.5 Å². The SMILES string of the molecule is Cc1nn(C)c2cc(-c3noc(C4CCN(C(O)C5CC(=O)N(c6ccccc6)C5)CC4)n3)ncc12. The molecule has 1 amide bonds. The molecule has 2 aliphatic heterocycles. The van der Waals surface area contributed by atoms with Crippen molar-refractivity contribution < 1.29 is 14.4 Å². The molecule has 2 aliphatic rings. The lowest BCUT2D eigenvalue weighted by Crippen LogP contribution is -2.45. The molecule has 1 aromatic carbocycles. The van der Waals surface area contributed by atoms with Gasteiger partial charge in [0.25, 0.3) is 0 Å². The van der Waals surface area contributed by atoms with Crippen molar-refractivity contribution in [3.05, 3.63) is 54.2 Å². The van der Waals surface area contributed by atoms with Crippen molar-refractivity contribution >= 4 is 22.5 Å². The molecule has 10 heteroatoms. The molecule has 2 unspecified atom stereocenters. The number of amides is 1. The van der Waals surface area contributed by atoms with Crippen LogP contribution in [0.2, 0.25) is 0 Å². The van der Waals surface area contributed by atoms with E-state index in [1.807, 2.05) is 55.1 Å². The third-order valence-electron chi connectivity index (χ3n) is 7.49. The van der Waals surface area contributed by atoms with Crippen molar-refractivity contribution in [2.24, 2.45) is 13.0 Å². The van der Waals surface area contributed by atoms with Crippen LogP contribution in [-0.2, 0) is 11.8 Å². The van der Waals surface area contributed by atoms with Gasteiger partial charge in [-0.25, -0.2) is 0 Å². The molecule has 0 spiro atoms. The first-order chi connectivity index (χ1) is 17.5. The fraction of sp³-hybridized carbons (Fsp3) is 0.423. The highest BCUT2D eigenvalue weighted by Gasteiger charge is 2.39. The molecule has 2 atom stereocenters. The number of benzene rings is 1. The van der Waals surface area contributed by atoms with Crippen LogP contribution in [0.4, 0.5) is 5.69 Å². The zero-order valence-electron chi connectivity index (χ0n) is 20.4. The lowest BCUT2D eigenvalue weighted by atomic mass is 9.95. The van der Waals surface area contributed by atoms with E-state index in [1.165, 1.54) is 0 Å². The van der Waals surface area contributed by atoms with Crippen molar-refractivity contribution in [1.29, 1.82) is 0 Å². The second-order valence-corrected chi connectivity index (χ2v) is 9.78. The number of hydrogen-bond acceptors (Lipinski definition) is 8. The van der Waals surface area contributed by atoms with Crippen LogP contribution < -0.4 is 4.90 Å². The van der Waals surface area contributed by atoms with Crippen LogP contribution in [0, 0.1) is 12.8 Å². The molecule has 1 N–H and O–H groups in total. The predicted molar refractivity (Wildman–Crippen MR) is 133 cm³/mol. The van der Waals surface area contributed by atoms with E-state index in [0.29, 0.717) is 43.5 Å². The van der Waals surface area contributed by atoms with Gasteiger partial charge in [0.1, 0.15) is 11.9 Å². The number of hydrogen-bond donors (Lipinski definition) is 1. The van der Waals surface area contributed by atoms with Crippen LogP contribution in [0.5, 0.6) is 0 Å². The molecule has 0 bridgehead atoms. The van der Waals surface area contributed by atoms with Gasteiger partial charge < -0.3 is 14.5 Å². The van der Waals surface area contributed by atoms with Gasteiger partial charge in [-0.2, -0.15) is 10.1 Å². The van der Waals surface area contributed by atoms with E-state index in [0.717, 1.165) is 35.1 Å². The summed E-state index contributed by atoms with van der Waals surface area (Å²) in [5, 5.41) is 20.7. The molecule has 2 fully saturated rings.